The van der Waals surface area contributed by atoms with E-state index in [9.17, 15) is 0 Å². The van der Waals surface area contributed by atoms with Crippen molar-refractivity contribution in [3.8, 4) is 5.75 Å². The molecule has 0 aliphatic carbocycles. The first-order chi connectivity index (χ1) is 11.5. The highest BCUT2D eigenvalue weighted by Crippen LogP contribution is 2.21. The molecule has 1 aromatic rings. The van der Waals surface area contributed by atoms with Crippen LogP contribution in [0.25, 0.3) is 0 Å². The van der Waals surface area contributed by atoms with Crippen LogP contribution >= 0.6 is 0 Å². The average molecular weight is 332 g/mol. The molecule has 2 unspecified atom stereocenters. The van der Waals surface area contributed by atoms with Crippen LogP contribution in [-0.4, -0.2) is 63.6 Å². The number of nitrogens with zero attached hydrogens (tertiary/aromatic N) is 3. The first kappa shape index (κ1) is 18.6. The van der Waals surface area contributed by atoms with Crippen molar-refractivity contribution < 1.29 is 4.74 Å². The quantitative estimate of drug-likeness (QED) is 0.665. The van der Waals surface area contributed by atoms with Crippen molar-refractivity contribution in [2.24, 2.45) is 10.9 Å². The second kappa shape index (κ2) is 8.92. The maximum Gasteiger partial charge on any atom is 0.193 e. The van der Waals surface area contributed by atoms with Crippen LogP contribution in [0.5, 0.6) is 5.75 Å². The minimum atomic E-state index is 0.287. The van der Waals surface area contributed by atoms with Crippen molar-refractivity contribution in [3.63, 3.8) is 0 Å². The van der Waals surface area contributed by atoms with Crippen molar-refractivity contribution in [1.29, 1.82) is 0 Å². The fourth-order valence-corrected chi connectivity index (χ4v) is 3.33. The topological polar surface area (TPSA) is 40.1 Å². The van der Waals surface area contributed by atoms with E-state index in [1.807, 2.05) is 19.2 Å². The van der Waals surface area contributed by atoms with Crippen molar-refractivity contribution >= 4 is 5.96 Å². The number of likely N-dealkylation sites (tertiary alicyclic amines) is 1. The molecule has 0 radical (unpaired) electrons. The highest BCUT2D eigenvalue weighted by atomic mass is 16.5. The number of methoxy groups -OCH3 is 1. The summed E-state index contributed by atoms with van der Waals surface area (Å²) in [5, 5.41) is 3.57. The van der Waals surface area contributed by atoms with Gasteiger partial charge < -0.3 is 19.9 Å². The standard InChI is InChI=1S/C19H32N4O/c1-15-7-6-12-23(14-15)19(20-2)21-13-18(22(3)4)16-8-10-17(24-5)11-9-16/h8-11,15,18H,6-7,12-14H2,1-5H3,(H,20,21). The lowest BCUT2D eigenvalue weighted by Crippen LogP contribution is -2.48. The number of likely N-dealkylation sites (N-methyl/N-ethyl adjacent to an activating group) is 1. The number of hydrogen-bond donors (Lipinski definition) is 1. The third-order valence-electron chi connectivity index (χ3n) is 4.75. The van der Waals surface area contributed by atoms with Crippen LogP contribution in [0.4, 0.5) is 0 Å². The average Bonchev–Trinajstić information content (AvgIpc) is 2.59. The summed E-state index contributed by atoms with van der Waals surface area (Å²) in [5.41, 5.74) is 1.27. The zero-order valence-corrected chi connectivity index (χ0v) is 15.7. The summed E-state index contributed by atoms with van der Waals surface area (Å²) in [6, 6.07) is 8.60. The summed E-state index contributed by atoms with van der Waals surface area (Å²) in [6.45, 7) is 5.34. The van der Waals surface area contributed by atoms with Gasteiger partial charge in [0.1, 0.15) is 5.75 Å². The molecule has 5 heteroatoms. The van der Waals surface area contributed by atoms with Gasteiger partial charge in [0.2, 0.25) is 0 Å². The van der Waals surface area contributed by atoms with Gasteiger partial charge in [-0.15, -0.1) is 0 Å². The number of guanidine groups is 1. The molecular weight excluding hydrogens is 300 g/mol. The van der Waals surface area contributed by atoms with Gasteiger partial charge in [0.25, 0.3) is 0 Å². The first-order valence-corrected chi connectivity index (χ1v) is 8.81. The first-order valence-electron chi connectivity index (χ1n) is 8.81. The number of piperidine rings is 1. The van der Waals surface area contributed by atoms with Crippen LogP contribution in [0.1, 0.15) is 31.4 Å². The van der Waals surface area contributed by atoms with E-state index in [0.29, 0.717) is 0 Å². The maximum atomic E-state index is 5.26. The predicted octanol–water partition coefficient (Wildman–Crippen LogP) is 2.61. The number of nitrogens with one attached hydrogen (secondary N) is 1. The molecule has 1 saturated heterocycles. The lowest BCUT2D eigenvalue weighted by molar-refractivity contribution is 0.258. The van der Waals surface area contributed by atoms with Gasteiger partial charge >= 0.3 is 0 Å². The normalized spacial score (nSPS) is 20.2. The minimum Gasteiger partial charge on any atom is -0.497 e. The van der Waals surface area contributed by atoms with Crippen molar-refractivity contribution in [1.82, 2.24) is 15.1 Å². The summed E-state index contributed by atoms with van der Waals surface area (Å²) < 4.78 is 5.26. The lowest BCUT2D eigenvalue weighted by Gasteiger charge is -2.35. The highest BCUT2D eigenvalue weighted by molar-refractivity contribution is 5.80. The molecule has 134 valence electrons. The number of ether oxygens (including phenoxy) is 1. The van der Waals surface area contributed by atoms with Gasteiger partial charge in [0, 0.05) is 26.7 Å². The van der Waals surface area contributed by atoms with Gasteiger partial charge in [-0.25, -0.2) is 0 Å². The number of aliphatic imine (C=N–C) groups is 1. The molecule has 0 spiro atoms. The van der Waals surface area contributed by atoms with Gasteiger partial charge in [-0.3, -0.25) is 4.99 Å². The smallest absolute Gasteiger partial charge is 0.193 e. The van der Waals surface area contributed by atoms with Gasteiger partial charge in [0.15, 0.2) is 5.96 Å². The molecule has 1 heterocycles. The van der Waals surface area contributed by atoms with E-state index >= 15 is 0 Å². The predicted molar refractivity (Wildman–Crippen MR) is 101 cm³/mol. The largest absolute Gasteiger partial charge is 0.497 e. The Labute approximate surface area is 146 Å². The van der Waals surface area contributed by atoms with Gasteiger partial charge in [-0.2, -0.15) is 0 Å². The van der Waals surface area contributed by atoms with Crippen LogP contribution in [0, 0.1) is 5.92 Å². The minimum absolute atomic E-state index is 0.287. The lowest BCUT2D eigenvalue weighted by atomic mass is 10.0. The Bertz CT molecular complexity index is 527. The van der Waals surface area contributed by atoms with E-state index in [1.165, 1.54) is 18.4 Å². The summed E-state index contributed by atoms with van der Waals surface area (Å²) in [6.07, 6.45) is 2.57. The van der Waals surface area contributed by atoms with Gasteiger partial charge in [-0.05, 0) is 50.6 Å². The van der Waals surface area contributed by atoms with Crippen molar-refractivity contribution in [2.75, 3.05) is 47.9 Å². The molecule has 1 aliphatic rings. The van der Waals surface area contributed by atoms with Gasteiger partial charge in [-0.1, -0.05) is 19.1 Å². The van der Waals surface area contributed by atoms with Crippen LogP contribution in [0.3, 0.4) is 0 Å². The number of hydrogen-bond acceptors (Lipinski definition) is 3. The Hall–Kier alpha value is -1.75. The number of benzene rings is 1. The Morgan fingerprint density at radius 3 is 2.62 bits per heavy atom. The van der Waals surface area contributed by atoms with Crippen molar-refractivity contribution in [3.05, 3.63) is 29.8 Å². The maximum absolute atomic E-state index is 5.26. The molecule has 1 N–H and O–H groups in total. The Kier molecular flexibility index (Phi) is 6.91. The zero-order valence-electron chi connectivity index (χ0n) is 15.7. The summed E-state index contributed by atoms with van der Waals surface area (Å²) in [4.78, 5) is 9.11. The molecule has 24 heavy (non-hydrogen) atoms. The molecular formula is C19H32N4O. The summed E-state index contributed by atoms with van der Waals surface area (Å²) in [5.74, 6) is 2.65. The molecule has 2 atom stereocenters. The second-order valence-electron chi connectivity index (χ2n) is 6.87. The zero-order chi connectivity index (χ0) is 17.5. The molecule has 0 amide bonds. The SMILES string of the molecule is CN=C(NCC(c1ccc(OC)cc1)N(C)C)N1CCCC(C)C1. The van der Waals surface area contributed by atoms with E-state index in [1.54, 1.807) is 7.11 Å². The monoisotopic (exact) mass is 332 g/mol. The summed E-state index contributed by atoms with van der Waals surface area (Å²) in [7, 11) is 7.80. The third kappa shape index (κ3) is 4.87. The van der Waals surface area contributed by atoms with E-state index in [-0.39, 0.29) is 6.04 Å². The van der Waals surface area contributed by atoms with Crippen LogP contribution in [0.15, 0.2) is 29.3 Å². The van der Waals surface area contributed by atoms with Crippen molar-refractivity contribution in [2.45, 2.75) is 25.8 Å². The molecule has 1 aromatic carbocycles. The Balaban J connectivity index is 2.01. The van der Waals surface area contributed by atoms with E-state index in [2.05, 4.69) is 53.3 Å². The molecule has 2 rings (SSSR count). The molecule has 1 aliphatic heterocycles. The van der Waals surface area contributed by atoms with Gasteiger partial charge in [0.05, 0.1) is 13.2 Å². The van der Waals surface area contributed by atoms with E-state index < -0.39 is 0 Å². The summed E-state index contributed by atoms with van der Waals surface area (Å²) >= 11 is 0. The fraction of sp³-hybridized carbons (Fsp3) is 0.632. The molecule has 0 aromatic heterocycles. The van der Waals surface area contributed by atoms with Crippen LogP contribution in [0.2, 0.25) is 0 Å². The second-order valence-corrected chi connectivity index (χ2v) is 6.87. The van der Waals surface area contributed by atoms with Crippen LogP contribution < -0.4 is 10.1 Å². The number of rotatable bonds is 5. The molecule has 5 nitrogen and oxygen atoms in total. The third-order valence-corrected chi connectivity index (χ3v) is 4.75. The van der Waals surface area contributed by atoms with E-state index in [0.717, 1.165) is 37.3 Å². The Morgan fingerprint density at radius 2 is 2.08 bits per heavy atom. The molecule has 0 saturated carbocycles. The Morgan fingerprint density at radius 1 is 1.38 bits per heavy atom. The molecule has 1 fully saturated rings. The highest BCUT2D eigenvalue weighted by Gasteiger charge is 2.21. The van der Waals surface area contributed by atoms with Crippen LogP contribution in [-0.2, 0) is 0 Å². The van der Waals surface area contributed by atoms with E-state index in [4.69, 9.17) is 4.74 Å². The fourth-order valence-electron chi connectivity index (χ4n) is 3.33. The molecule has 0 bridgehead atoms.